The van der Waals surface area contributed by atoms with Crippen LogP contribution in [0.5, 0.6) is 11.5 Å². The summed E-state index contributed by atoms with van der Waals surface area (Å²) in [6, 6.07) is 9.94. The molecule has 7 nitrogen and oxygen atoms in total. The first kappa shape index (κ1) is 24.1. The molecule has 2 aromatic carbocycles. The molecule has 0 bridgehead atoms. The van der Waals surface area contributed by atoms with Crippen LogP contribution in [0, 0.1) is 5.82 Å². The molecule has 0 aliphatic carbocycles. The third-order valence-electron chi connectivity index (χ3n) is 5.62. The summed E-state index contributed by atoms with van der Waals surface area (Å²) in [5.41, 5.74) is 1.49. The second-order valence-electron chi connectivity index (χ2n) is 7.85. The summed E-state index contributed by atoms with van der Waals surface area (Å²) in [6.45, 7) is 4.64. The molecule has 3 aromatic rings. The number of fused-ring (bicyclic) bond motifs is 1. The zero-order valence-electron chi connectivity index (χ0n) is 19.3. The number of methoxy groups -OCH3 is 2. The van der Waals surface area contributed by atoms with E-state index in [0.29, 0.717) is 33.4 Å². The predicted octanol–water partition coefficient (Wildman–Crippen LogP) is 4.22. The molecule has 0 saturated carbocycles. The van der Waals surface area contributed by atoms with Crippen LogP contribution in [-0.2, 0) is 9.53 Å². The average molecular weight is 486 g/mol. The van der Waals surface area contributed by atoms with Crippen LogP contribution >= 0.6 is 11.3 Å². The Morgan fingerprint density at radius 1 is 1.18 bits per heavy atom. The van der Waals surface area contributed by atoms with Crippen molar-refractivity contribution >= 4 is 38.7 Å². The molecule has 0 N–H and O–H groups in total. The standard InChI is InChI=1S/C25H28FN3O4S/c1-31-21-8-4-18(16-22(21)32-2)5-9-24(30)29(11-3-10-28-12-14-33-15-13-28)25-27-20-7-6-19(26)17-23(20)34-25/h4-9,16-17H,3,10-15H2,1-2H3/b9-5+. The Morgan fingerprint density at radius 3 is 2.74 bits per heavy atom. The fourth-order valence-corrected chi connectivity index (χ4v) is 4.81. The molecule has 1 fully saturated rings. The van der Waals surface area contributed by atoms with Crippen molar-refractivity contribution in [3.63, 3.8) is 0 Å². The Balaban J connectivity index is 1.53. The van der Waals surface area contributed by atoms with Gasteiger partial charge in [-0.1, -0.05) is 17.4 Å². The lowest BCUT2D eigenvalue weighted by Gasteiger charge is -2.27. The molecule has 1 aromatic heterocycles. The Bertz CT molecular complexity index is 1160. The van der Waals surface area contributed by atoms with E-state index in [9.17, 15) is 9.18 Å². The molecule has 0 spiro atoms. The Morgan fingerprint density at radius 2 is 1.97 bits per heavy atom. The lowest BCUT2D eigenvalue weighted by molar-refractivity contribution is -0.114. The maximum Gasteiger partial charge on any atom is 0.252 e. The van der Waals surface area contributed by atoms with Gasteiger partial charge in [0.05, 0.1) is 37.6 Å². The molecule has 1 saturated heterocycles. The van der Waals surface area contributed by atoms with E-state index in [-0.39, 0.29) is 11.7 Å². The Hall–Kier alpha value is -3.01. The Labute approximate surface area is 202 Å². The van der Waals surface area contributed by atoms with Crippen LogP contribution in [0.2, 0.25) is 0 Å². The number of ether oxygens (including phenoxy) is 3. The van der Waals surface area contributed by atoms with Crippen LogP contribution < -0.4 is 14.4 Å². The van der Waals surface area contributed by atoms with Crippen molar-refractivity contribution in [1.29, 1.82) is 0 Å². The third kappa shape index (κ3) is 5.91. The van der Waals surface area contributed by atoms with Crippen LogP contribution in [0.15, 0.2) is 42.5 Å². The van der Waals surface area contributed by atoms with E-state index in [0.717, 1.165) is 44.8 Å². The highest BCUT2D eigenvalue weighted by atomic mass is 32.1. The summed E-state index contributed by atoms with van der Waals surface area (Å²) in [4.78, 5) is 21.9. The van der Waals surface area contributed by atoms with E-state index in [1.54, 1.807) is 37.3 Å². The van der Waals surface area contributed by atoms with Crippen molar-refractivity contribution in [2.45, 2.75) is 6.42 Å². The molecule has 0 atom stereocenters. The molecule has 1 aliphatic heterocycles. The molecule has 34 heavy (non-hydrogen) atoms. The van der Waals surface area contributed by atoms with Gasteiger partial charge in [0, 0.05) is 32.3 Å². The molecule has 9 heteroatoms. The monoisotopic (exact) mass is 485 g/mol. The van der Waals surface area contributed by atoms with Crippen molar-refractivity contribution < 1.29 is 23.4 Å². The van der Waals surface area contributed by atoms with Crippen molar-refractivity contribution in [3.8, 4) is 11.5 Å². The van der Waals surface area contributed by atoms with Crippen LogP contribution in [0.25, 0.3) is 16.3 Å². The number of hydrogen-bond donors (Lipinski definition) is 0. The predicted molar refractivity (Wildman–Crippen MR) is 132 cm³/mol. The van der Waals surface area contributed by atoms with Gasteiger partial charge in [0.2, 0.25) is 0 Å². The van der Waals surface area contributed by atoms with Gasteiger partial charge in [-0.25, -0.2) is 9.37 Å². The second-order valence-corrected chi connectivity index (χ2v) is 8.86. The largest absolute Gasteiger partial charge is 0.493 e. The molecule has 1 amide bonds. The number of rotatable bonds is 9. The van der Waals surface area contributed by atoms with Gasteiger partial charge in [0.1, 0.15) is 5.82 Å². The van der Waals surface area contributed by atoms with Crippen molar-refractivity contribution in [2.75, 3.05) is 58.5 Å². The number of thiazole rings is 1. The highest BCUT2D eigenvalue weighted by molar-refractivity contribution is 7.22. The summed E-state index contributed by atoms with van der Waals surface area (Å²) in [5.74, 6) is 0.711. The van der Waals surface area contributed by atoms with E-state index in [1.807, 2.05) is 12.1 Å². The highest BCUT2D eigenvalue weighted by Gasteiger charge is 2.19. The van der Waals surface area contributed by atoms with Crippen molar-refractivity contribution in [1.82, 2.24) is 9.88 Å². The fourth-order valence-electron chi connectivity index (χ4n) is 3.79. The van der Waals surface area contributed by atoms with Gasteiger partial charge in [-0.05, 0) is 48.4 Å². The van der Waals surface area contributed by atoms with Gasteiger partial charge in [0.25, 0.3) is 5.91 Å². The van der Waals surface area contributed by atoms with Crippen LogP contribution in [0.1, 0.15) is 12.0 Å². The second kappa shape index (κ2) is 11.4. The lowest BCUT2D eigenvalue weighted by Crippen LogP contribution is -2.39. The average Bonchev–Trinajstić information content (AvgIpc) is 3.28. The number of benzene rings is 2. The van der Waals surface area contributed by atoms with Crippen molar-refractivity contribution in [2.24, 2.45) is 0 Å². The normalized spacial score (nSPS) is 14.6. The third-order valence-corrected chi connectivity index (χ3v) is 6.66. The molecule has 1 aliphatic rings. The minimum Gasteiger partial charge on any atom is -0.493 e. The fraction of sp³-hybridized carbons (Fsp3) is 0.360. The summed E-state index contributed by atoms with van der Waals surface area (Å²) in [5, 5.41) is 0.560. The maximum absolute atomic E-state index is 13.7. The van der Waals surface area contributed by atoms with Crippen LogP contribution in [0.4, 0.5) is 9.52 Å². The minimum atomic E-state index is -0.318. The van der Waals surface area contributed by atoms with Crippen molar-refractivity contribution in [3.05, 3.63) is 53.9 Å². The summed E-state index contributed by atoms with van der Waals surface area (Å²) in [6.07, 6.45) is 4.06. The van der Waals surface area contributed by atoms with E-state index in [1.165, 1.54) is 29.5 Å². The lowest BCUT2D eigenvalue weighted by atomic mass is 10.2. The van der Waals surface area contributed by atoms with Crippen LogP contribution in [-0.4, -0.2) is 69.4 Å². The summed E-state index contributed by atoms with van der Waals surface area (Å²) in [7, 11) is 3.15. The molecule has 4 rings (SSSR count). The van der Waals surface area contributed by atoms with E-state index < -0.39 is 0 Å². The van der Waals surface area contributed by atoms with E-state index in [2.05, 4.69) is 9.88 Å². The number of nitrogens with zero attached hydrogens (tertiary/aromatic N) is 3. The molecule has 2 heterocycles. The summed E-state index contributed by atoms with van der Waals surface area (Å²) >= 11 is 1.32. The van der Waals surface area contributed by atoms with Gasteiger partial charge in [-0.3, -0.25) is 14.6 Å². The quantitative estimate of drug-likeness (QED) is 0.423. The first-order chi connectivity index (χ1) is 16.6. The van der Waals surface area contributed by atoms with Gasteiger partial charge in [-0.2, -0.15) is 0 Å². The number of amides is 1. The molecule has 0 unspecified atom stereocenters. The number of hydrogen-bond acceptors (Lipinski definition) is 7. The molecule has 180 valence electrons. The maximum atomic E-state index is 13.7. The van der Waals surface area contributed by atoms with Gasteiger partial charge in [0.15, 0.2) is 16.6 Å². The molecular formula is C25H28FN3O4S. The molecule has 0 radical (unpaired) electrons. The topological polar surface area (TPSA) is 64.1 Å². The smallest absolute Gasteiger partial charge is 0.252 e. The Kier molecular flexibility index (Phi) is 8.10. The number of halogens is 1. The number of carbonyl (C=O) groups is 1. The van der Waals surface area contributed by atoms with Gasteiger partial charge >= 0.3 is 0 Å². The zero-order chi connectivity index (χ0) is 23.9. The van der Waals surface area contributed by atoms with Gasteiger partial charge in [-0.15, -0.1) is 0 Å². The van der Waals surface area contributed by atoms with Crippen LogP contribution in [0.3, 0.4) is 0 Å². The number of anilines is 1. The van der Waals surface area contributed by atoms with E-state index in [4.69, 9.17) is 14.2 Å². The highest BCUT2D eigenvalue weighted by Crippen LogP contribution is 2.30. The summed E-state index contributed by atoms with van der Waals surface area (Å²) < 4.78 is 30.4. The number of carbonyl (C=O) groups excluding carboxylic acids is 1. The number of aromatic nitrogens is 1. The SMILES string of the molecule is COc1ccc(/C=C/C(=O)N(CCCN2CCOCC2)c2nc3ccc(F)cc3s2)cc1OC. The van der Waals surface area contributed by atoms with Gasteiger partial charge < -0.3 is 14.2 Å². The van der Waals surface area contributed by atoms with E-state index >= 15 is 0 Å². The number of morpholine rings is 1. The zero-order valence-corrected chi connectivity index (χ0v) is 20.1. The minimum absolute atomic E-state index is 0.184. The first-order valence-electron chi connectivity index (χ1n) is 11.1. The first-order valence-corrected chi connectivity index (χ1v) is 12.0. The molecular weight excluding hydrogens is 457 g/mol.